The molecule has 2 N–H and O–H groups in total. The van der Waals surface area contributed by atoms with E-state index < -0.39 is 10.8 Å². The summed E-state index contributed by atoms with van der Waals surface area (Å²) in [4.78, 5) is 31.8. The summed E-state index contributed by atoms with van der Waals surface area (Å²) in [6.45, 7) is 1.44. The van der Waals surface area contributed by atoms with Gasteiger partial charge in [0.15, 0.2) is 5.75 Å². The Hall–Kier alpha value is -2.44. The molecule has 0 saturated carbocycles. The molecular formula is C11H12N2O5. The topological polar surface area (TPSA) is 113 Å². The number of rotatable bonds is 6. The largest absolute Gasteiger partial charge is 0.486 e. The van der Waals surface area contributed by atoms with E-state index in [1.807, 2.05) is 0 Å². The van der Waals surface area contributed by atoms with E-state index in [0.29, 0.717) is 0 Å². The third kappa shape index (κ3) is 3.55. The van der Waals surface area contributed by atoms with Crippen LogP contribution in [-0.4, -0.2) is 23.2 Å². The number of hydrogen-bond acceptors (Lipinski definition) is 5. The highest BCUT2D eigenvalue weighted by Gasteiger charge is 2.17. The Morgan fingerprint density at radius 2 is 2.11 bits per heavy atom. The number of Topliss-reactive ketones (excluding diaryl/α,β-unsaturated/α-hetero) is 1. The van der Waals surface area contributed by atoms with Crippen LogP contribution in [0.1, 0.15) is 23.7 Å². The van der Waals surface area contributed by atoms with Crippen LogP contribution < -0.4 is 10.5 Å². The number of amides is 1. The number of carbonyl (C=O) groups excluding carboxylic acids is 2. The van der Waals surface area contributed by atoms with Crippen LogP contribution in [-0.2, 0) is 4.79 Å². The van der Waals surface area contributed by atoms with Crippen LogP contribution in [0.4, 0.5) is 5.69 Å². The summed E-state index contributed by atoms with van der Waals surface area (Å²) >= 11 is 0. The van der Waals surface area contributed by atoms with Gasteiger partial charge in [-0.3, -0.25) is 19.7 Å². The molecule has 0 aromatic heterocycles. The molecular weight excluding hydrogens is 240 g/mol. The summed E-state index contributed by atoms with van der Waals surface area (Å²) in [5.41, 5.74) is 4.70. The lowest BCUT2D eigenvalue weighted by Crippen LogP contribution is -2.11. The van der Waals surface area contributed by atoms with Crippen LogP contribution >= 0.6 is 0 Å². The molecule has 1 rings (SSSR count). The van der Waals surface area contributed by atoms with Crippen molar-refractivity contribution in [1.82, 2.24) is 0 Å². The average molecular weight is 252 g/mol. The lowest BCUT2D eigenvalue weighted by molar-refractivity contribution is -0.385. The van der Waals surface area contributed by atoms with E-state index in [0.717, 1.165) is 6.07 Å². The second kappa shape index (κ2) is 5.76. The predicted octanol–water partition coefficient (Wildman–Crippen LogP) is 1.05. The van der Waals surface area contributed by atoms with E-state index in [4.69, 9.17) is 10.5 Å². The van der Waals surface area contributed by atoms with Crippen LogP contribution in [0, 0.1) is 10.1 Å². The molecule has 7 nitrogen and oxygen atoms in total. The van der Waals surface area contributed by atoms with Gasteiger partial charge in [-0.15, -0.1) is 0 Å². The number of benzene rings is 1. The molecule has 96 valence electrons. The minimum Gasteiger partial charge on any atom is -0.486 e. The zero-order chi connectivity index (χ0) is 13.7. The number of nitro benzene ring substituents is 1. The number of ether oxygens (including phenoxy) is 1. The highest BCUT2D eigenvalue weighted by molar-refractivity contribution is 5.93. The van der Waals surface area contributed by atoms with Crippen molar-refractivity contribution in [3.8, 4) is 5.75 Å². The van der Waals surface area contributed by atoms with E-state index in [2.05, 4.69) is 0 Å². The Kier molecular flexibility index (Phi) is 4.36. The van der Waals surface area contributed by atoms with Crippen molar-refractivity contribution in [2.75, 3.05) is 6.61 Å². The zero-order valence-corrected chi connectivity index (χ0v) is 9.71. The molecule has 0 heterocycles. The van der Waals surface area contributed by atoms with Crippen LogP contribution in [0.2, 0.25) is 0 Å². The first kappa shape index (κ1) is 13.6. The highest BCUT2D eigenvalue weighted by Crippen LogP contribution is 2.27. The summed E-state index contributed by atoms with van der Waals surface area (Å²) in [5, 5.41) is 10.8. The Balaban J connectivity index is 2.93. The van der Waals surface area contributed by atoms with Gasteiger partial charge in [-0.2, -0.15) is 0 Å². The normalized spacial score (nSPS) is 9.83. The number of nitro groups is 1. The molecule has 0 bridgehead atoms. The molecule has 0 aliphatic carbocycles. The minimum atomic E-state index is -0.756. The first-order valence-electron chi connectivity index (χ1n) is 5.12. The van der Waals surface area contributed by atoms with Crippen LogP contribution in [0.5, 0.6) is 5.75 Å². The van der Waals surface area contributed by atoms with Crippen LogP contribution in [0.15, 0.2) is 18.2 Å². The summed E-state index contributed by atoms with van der Waals surface area (Å²) in [6, 6.07) is 3.67. The summed E-state index contributed by atoms with van der Waals surface area (Å²) in [5.74, 6) is -0.828. The minimum absolute atomic E-state index is 0.00579. The molecule has 1 amide bonds. The molecule has 0 atom stereocenters. The fourth-order valence-electron chi connectivity index (χ4n) is 1.24. The third-order valence-corrected chi connectivity index (χ3v) is 2.15. The fourth-order valence-corrected chi connectivity index (χ4v) is 1.24. The number of nitrogens with two attached hydrogens (primary N) is 1. The standard InChI is InChI=1S/C11H12N2O5/c1-7(14)4-5-18-10-3-2-8(11(12)15)6-9(10)13(16)17/h2-3,6H,4-5H2,1H3,(H2,12,15). The van der Waals surface area contributed by atoms with Crippen molar-refractivity contribution >= 4 is 17.4 Å². The first-order valence-corrected chi connectivity index (χ1v) is 5.12. The smallest absolute Gasteiger partial charge is 0.311 e. The molecule has 0 aliphatic rings. The van der Waals surface area contributed by atoms with Gasteiger partial charge in [0, 0.05) is 18.1 Å². The second-order valence-corrected chi connectivity index (χ2v) is 3.60. The quantitative estimate of drug-likeness (QED) is 0.600. The molecule has 0 aliphatic heterocycles. The summed E-state index contributed by atoms with van der Waals surface area (Å²) in [6.07, 6.45) is 0.161. The maximum absolute atomic E-state index is 10.9. The Labute approximate surface area is 103 Å². The number of hydrogen-bond donors (Lipinski definition) is 1. The van der Waals surface area contributed by atoms with Gasteiger partial charge in [0.05, 0.1) is 11.5 Å². The van der Waals surface area contributed by atoms with Gasteiger partial charge in [0.1, 0.15) is 5.78 Å². The third-order valence-electron chi connectivity index (χ3n) is 2.15. The number of carbonyl (C=O) groups is 2. The summed E-state index contributed by atoms with van der Waals surface area (Å²) in [7, 11) is 0. The Morgan fingerprint density at radius 1 is 1.44 bits per heavy atom. The van der Waals surface area contributed by atoms with Crippen LogP contribution in [0.25, 0.3) is 0 Å². The molecule has 1 aromatic carbocycles. The summed E-state index contributed by atoms with van der Waals surface area (Å²) < 4.78 is 5.13. The Bertz CT molecular complexity index is 498. The zero-order valence-electron chi connectivity index (χ0n) is 9.71. The number of nitrogens with zero attached hydrogens (tertiary/aromatic N) is 1. The van der Waals surface area contributed by atoms with E-state index in [-0.39, 0.29) is 35.8 Å². The van der Waals surface area contributed by atoms with Crippen molar-refractivity contribution < 1.29 is 19.2 Å². The lowest BCUT2D eigenvalue weighted by atomic mass is 10.2. The molecule has 0 saturated heterocycles. The van der Waals surface area contributed by atoms with Gasteiger partial charge in [-0.05, 0) is 19.1 Å². The van der Waals surface area contributed by atoms with Gasteiger partial charge in [0.25, 0.3) is 0 Å². The van der Waals surface area contributed by atoms with Gasteiger partial charge in [-0.1, -0.05) is 0 Å². The van der Waals surface area contributed by atoms with E-state index >= 15 is 0 Å². The maximum atomic E-state index is 10.9. The molecule has 0 spiro atoms. The van der Waals surface area contributed by atoms with Crippen molar-refractivity contribution in [3.63, 3.8) is 0 Å². The highest BCUT2D eigenvalue weighted by atomic mass is 16.6. The maximum Gasteiger partial charge on any atom is 0.311 e. The van der Waals surface area contributed by atoms with E-state index in [9.17, 15) is 19.7 Å². The molecule has 0 radical (unpaired) electrons. The molecule has 18 heavy (non-hydrogen) atoms. The molecule has 1 aromatic rings. The monoisotopic (exact) mass is 252 g/mol. The second-order valence-electron chi connectivity index (χ2n) is 3.60. The Morgan fingerprint density at radius 3 is 2.61 bits per heavy atom. The number of primary amides is 1. The number of ketones is 1. The fraction of sp³-hybridized carbons (Fsp3) is 0.273. The van der Waals surface area contributed by atoms with E-state index in [1.54, 1.807) is 0 Å². The van der Waals surface area contributed by atoms with E-state index in [1.165, 1.54) is 19.1 Å². The first-order chi connectivity index (χ1) is 8.41. The van der Waals surface area contributed by atoms with Gasteiger partial charge in [0.2, 0.25) is 5.91 Å². The van der Waals surface area contributed by atoms with Crippen molar-refractivity contribution in [3.05, 3.63) is 33.9 Å². The SMILES string of the molecule is CC(=O)CCOc1ccc(C(N)=O)cc1[N+](=O)[O-]. The van der Waals surface area contributed by atoms with Crippen molar-refractivity contribution in [1.29, 1.82) is 0 Å². The lowest BCUT2D eigenvalue weighted by Gasteiger charge is -2.06. The van der Waals surface area contributed by atoms with Gasteiger partial charge < -0.3 is 10.5 Å². The van der Waals surface area contributed by atoms with Crippen molar-refractivity contribution in [2.24, 2.45) is 5.73 Å². The predicted molar refractivity (Wildman–Crippen MR) is 62.4 cm³/mol. The molecule has 7 heteroatoms. The van der Waals surface area contributed by atoms with Crippen molar-refractivity contribution in [2.45, 2.75) is 13.3 Å². The van der Waals surface area contributed by atoms with Crippen LogP contribution in [0.3, 0.4) is 0 Å². The molecule has 0 unspecified atom stereocenters. The molecule has 0 fully saturated rings. The van der Waals surface area contributed by atoms with Gasteiger partial charge >= 0.3 is 5.69 Å². The van der Waals surface area contributed by atoms with Gasteiger partial charge in [-0.25, -0.2) is 0 Å². The average Bonchev–Trinajstić information content (AvgIpc) is 2.28.